The Kier molecular flexibility index (Phi) is 5.48. The van der Waals surface area contributed by atoms with Crippen LogP contribution in [0.1, 0.15) is 25.8 Å². The molecule has 0 spiro atoms. The molecule has 0 fully saturated rings. The molecular formula is C16H21N3O4S. The Morgan fingerprint density at radius 3 is 2.50 bits per heavy atom. The van der Waals surface area contributed by atoms with Crippen LogP contribution in [0.2, 0.25) is 0 Å². The summed E-state index contributed by atoms with van der Waals surface area (Å²) in [7, 11) is 4.36. The van der Waals surface area contributed by atoms with E-state index in [1.807, 2.05) is 13.8 Å². The highest BCUT2D eigenvalue weighted by Crippen LogP contribution is 2.33. The lowest BCUT2D eigenvalue weighted by atomic mass is 10.2. The van der Waals surface area contributed by atoms with Crippen molar-refractivity contribution in [2.45, 2.75) is 36.8 Å². The normalized spacial score (nSPS) is 12.4. The Morgan fingerprint density at radius 2 is 1.96 bits per heavy atom. The number of pyridine rings is 1. The Labute approximate surface area is 143 Å². The molecule has 1 unspecified atom stereocenters. The number of hydrogen-bond donors (Lipinski definition) is 0. The molecular weight excluding hydrogens is 330 g/mol. The van der Waals surface area contributed by atoms with Crippen molar-refractivity contribution < 1.29 is 9.53 Å². The molecule has 24 heavy (non-hydrogen) atoms. The molecule has 0 saturated carbocycles. The number of fused-ring (bicyclic) bond motifs is 1. The van der Waals surface area contributed by atoms with E-state index in [1.54, 1.807) is 13.2 Å². The number of rotatable bonds is 5. The van der Waals surface area contributed by atoms with Crippen molar-refractivity contribution >= 4 is 28.8 Å². The van der Waals surface area contributed by atoms with Gasteiger partial charge in [-0.2, -0.15) is 0 Å². The molecule has 0 aromatic carbocycles. The topological polar surface area (TPSA) is 83.2 Å². The molecule has 2 heterocycles. The number of aromatic nitrogens is 3. The molecule has 8 heteroatoms. The zero-order chi connectivity index (χ0) is 18.0. The van der Waals surface area contributed by atoms with Gasteiger partial charge in [0.15, 0.2) is 0 Å². The molecule has 0 aliphatic rings. The maximum absolute atomic E-state index is 12.7. The average Bonchev–Trinajstić information content (AvgIpc) is 2.61. The molecule has 1 atom stereocenters. The van der Waals surface area contributed by atoms with E-state index in [-0.39, 0.29) is 5.97 Å². The van der Waals surface area contributed by atoms with Crippen LogP contribution in [0.15, 0.2) is 20.7 Å². The summed E-state index contributed by atoms with van der Waals surface area (Å²) in [6.45, 7) is 3.84. The fourth-order valence-corrected chi connectivity index (χ4v) is 3.79. The van der Waals surface area contributed by atoms with Gasteiger partial charge in [-0.25, -0.2) is 9.78 Å². The van der Waals surface area contributed by atoms with Gasteiger partial charge in [0.1, 0.15) is 10.9 Å². The summed E-state index contributed by atoms with van der Waals surface area (Å²) in [5.74, 6) is -0.337. The molecule has 2 aromatic heterocycles. The standard InChI is InChI=1S/C16H21N3O4S/c1-6-9-8-17-13-11(14(20)19(4)16(22)18(13)3)12(9)24-10(7-2)15(21)23-5/h8,10H,6-7H2,1-5H3. The number of carbonyl (C=O) groups is 1. The maximum Gasteiger partial charge on any atom is 0.332 e. The van der Waals surface area contributed by atoms with Crippen molar-refractivity contribution in [2.75, 3.05) is 7.11 Å². The van der Waals surface area contributed by atoms with Crippen LogP contribution >= 0.6 is 11.8 Å². The minimum atomic E-state index is -0.430. The molecule has 2 rings (SSSR count). The number of carbonyl (C=O) groups excluding carboxylic acids is 1. The monoisotopic (exact) mass is 351 g/mol. The lowest BCUT2D eigenvalue weighted by Crippen LogP contribution is -2.37. The molecule has 0 radical (unpaired) electrons. The molecule has 0 amide bonds. The van der Waals surface area contributed by atoms with Gasteiger partial charge in [0.2, 0.25) is 0 Å². The zero-order valence-electron chi connectivity index (χ0n) is 14.5. The number of hydrogen-bond acceptors (Lipinski definition) is 6. The first kappa shape index (κ1) is 18.3. The van der Waals surface area contributed by atoms with Crippen LogP contribution in [0.3, 0.4) is 0 Å². The second kappa shape index (κ2) is 7.21. The average molecular weight is 351 g/mol. The largest absolute Gasteiger partial charge is 0.468 e. The molecule has 0 saturated heterocycles. The van der Waals surface area contributed by atoms with Crippen molar-refractivity contribution in [1.82, 2.24) is 14.1 Å². The van der Waals surface area contributed by atoms with Gasteiger partial charge >= 0.3 is 11.7 Å². The van der Waals surface area contributed by atoms with Crippen molar-refractivity contribution in [3.8, 4) is 0 Å². The molecule has 130 valence electrons. The highest BCUT2D eigenvalue weighted by Gasteiger charge is 2.24. The van der Waals surface area contributed by atoms with Crippen molar-refractivity contribution in [1.29, 1.82) is 0 Å². The van der Waals surface area contributed by atoms with E-state index in [4.69, 9.17) is 4.74 Å². The third-order valence-corrected chi connectivity index (χ3v) is 5.48. The van der Waals surface area contributed by atoms with E-state index in [9.17, 15) is 14.4 Å². The van der Waals surface area contributed by atoms with E-state index < -0.39 is 16.5 Å². The van der Waals surface area contributed by atoms with Crippen LogP contribution in [0.25, 0.3) is 11.0 Å². The van der Waals surface area contributed by atoms with Gasteiger partial charge in [-0.3, -0.25) is 18.7 Å². The Balaban J connectivity index is 2.82. The minimum absolute atomic E-state index is 0.322. The highest BCUT2D eigenvalue weighted by atomic mass is 32.2. The van der Waals surface area contributed by atoms with Gasteiger partial charge in [-0.05, 0) is 18.4 Å². The van der Waals surface area contributed by atoms with E-state index in [2.05, 4.69) is 4.98 Å². The summed E-state index contributed by atoms with van der Waals surface area (Å²) in [6, 6.07) is 0. The number of esters is 1. The third kappa shape index (κ3) is 2.98. The fourth-order valence-electron chi connectivity index (χ4n) is 2.50. The Bertz CT molecular complexity index is 901. The minimum Gasteiger partial charge on any atom is -0.468 e. The lowest BCUT2D eigenvalue weighted by molar-refractivity contribution is -0.140. The first-order chi connectivity index (χ1) is 11.4. The molecule has 7 nitrogen and oxygen atoms in total. The summed E-state index contributed by atoms with van der Waals surface area (Å²) < 4.78 is 7.25. The SMILES string of the molecule is CCc1cnc2c(c1SC(CC)C(=O)OC)c(=O)n(C)c(=O)n2C. The number of thioether (sulfide) groups is 1. The fraction of sp³-hybridized carbons (Fsp3) is 0.500. The van der Waals surface area contributed by atoms with Gasteiger partial charge in [-0.15, -0.1) is 11.8 Å². The van der Waals surface area contributed by atoms with Gasteiger partial charge in [-0.1, -0.05) is 13.8 Å². The maximum atomic E-state index is 12.7. The predicted molar refractivity (Wildman–Crippen MR) is 93.6 cm³/mol. The molecule has 0 aliphatic heterocycles. The van der Waals surface area contributed by atoms with Gasteiger partial charge in [0.05, 0.1) is 12.5 Å². The smallest absolute Gasteiger partial charge is 0.332 e. The van der Waals surface area contributed by atoms with Crippen LogP contribution in [0.4, 0.5) is 0 Å². The Hall–Kier alpha value is -2.09. The van der Waals surface area contributed by atoms with Crippen molar-refractivity contribution in [3.05, 3.63) is 32.6 Å². The van der Waals surface area contributed by atoms with E-state index >= 15 is 0 Å². The first-order valence-electron chi connectivity index (χ1n) is 7.69. The quantitative estimate of drug-likeness (QED) is 0.595. The Morgan fingerprint density at radius 1 is 1.29 bits per heavy atom. The van der Waals surface area contributed by atoms with E-state index in [0.717, 1.165) is 10.1 Å². The van der Waals surface area contributed by atoms with Crippen molar-refractivity contribution in [2.24, 2.45) is 14.1 Å². The third-order valence-electron chi connectivity index (χ3n) is 3.97. The van der Waals surface area contributed by atoms with Crippen LogP contribution in [0, 0.1) is 0 Å². The molecule has 0 aliphatic carbocycles. The summed E-state index contributed by atoms with van der Waals surface area (Å²) in [4.78, 5) is 41.7. The van der Waals surface area contributed by atoms with Crippen LogP contribution < -0.4 is 11.2 Å². The van der Waals surface area contributed by atoms with E-state index in [1.165, 1.54) is 30.5 Å². The summed E-state index contributed by atoms with van der Waals surface area (Å²) in [5.41, 5.74) is 0.353. The lowest BCUT2D eigenvalue weighted by Gasteiger charge is -2.17. The van der Waals surface area contributed by atoms with Gasteiger partial charge < -0.3 is 4.74 Å². The number of nitrogens with zero attached hydrogens (tertiary/aromatic N) is 3. The summed E-state index contributed by atoms with van der Waals surface area (Å²) in [5, 5.41) is -0.0563. The van der Waals surface area contributed by atoms with Crippen LogP contribution in [-0.2, 0) is 30.0 Å². The number of methoxy groups -OCH3 is 1. The molecule has 0 N–H and O–H groups in total. The highest BCUT2D eigenvalue weighted by molar-refractivity contribution is 8.00. The first-order valence-corrected chi connectivity index (χ1v) is 8.57. The summed E-state index contributed by atoms with van der Waals surface area (Å²) in [6.07, 6.45) is 2.89. The second-order valence-corrected chi connectivity index (χ2v) is 6.62. The molecule has 0 bridgehead atoms. The van der Waals surface area contributed by atoms with Gasteiger partial charge in [0, 0.05) is 25.2 Å². The van der Waals surface area contributed by atoms with E-state index in [0.29, 0.717) is 28.8 Å². The van der Waals surface area contributed by atoms with Crippen LogP contribution in [-0.4, -0.2) is 32.4 Å². The zero-order valence-corrected chi connectivity index (χ0v) is 15.3. The summed E-state index contributed by atoms with van der Waals surface area (Å²) >= 11 is 1.30. The predicted octanol–water partition coefficient (Wildman–Crippen LogP) is 1.24. The van der Waals surface area contributed by atoms with Crippen LogP contribution in [0.5, 0.6) is 0 Å². The second-order valence-electron chi connectivity index (χ2n) is 5.41. The van der Waals surface area contributed by atoms with Crippen molar-refractivity contribution in [3.63, 3.8) is 0 Å². The number of ether oxygens (including phenoxy) is 1. The number of aryl methyl sites for hydroxylation is 2. The molecule has 2 aromatic rings. The van der Waals surface area contributed by atoms with Gasteiger partial charge in [0.25, 0.3) is 5.56 Å².